The van der Waals surface area contributed by atoms with Crippen molar-refractivity contribution in [2.45, 2.75) is 45.8 Å². The van der Waals surface area contributed by atoms with Crippen LogP contribution in [0.4, 0.5) is 0 Å². The first-order chi connectivity index (χ1) is 9.42. The van der Waals surface area contributed by atoms with E-state index in [1.807, 2.05) is 11.1 Å². The number of hydrogen-bond acceptors (Lipinski definition) is 0. The van der Waals surface area contributed by atoms with Crippen molar-refractivity contribution in [2.24, 2.45) is 11.8 Å². The zero-order valence-corrected chi connectivity index (χ0v) is 14.7. The van der Waals surface area contributed by atoms with E-state index < -0.39 is 0 Å². The second-order valence-electron chi connectivity index (χ2n) is 6.48. The molecular formula is C18H22F2Zr. The predicted molar refractivity (Wildman–Crippen MR) is 76.6 cm³/mol. The van der Waals surface area contributed by atoms with Gasteiger partial charge in [0.25, 0.3) is 0 Å². The summed E-state index contributed by atoms with van der Waals surface area (Å²) in [6.07, 6.45) is 23.0. The van der Waals surface area contributed by atoms with Crippen LogP contribution >= 0.6 is 0 Å². The molecule has 0 bridgehead atoms. The van der Waals surface area contributed by atoms with Crippen LogP contribution in [0.1, 0.15) is 38.5 Å². The number of allylic oxidation sites excluding steroid dienone is 8. The minimum atomic E-state index is -0.287. The van der Waals surface area contributed by atoms with Crippen molar-refractivity contribution in [1.82, 2.24) is 0 Å². The van der Waals surface area contributed by atoms with E-state index in [9.17, 15) is 0 Å². The molecule has 0 heterocycles. The van der Waals surface area contributed by atoms with Crippen LogP contribution in [-0.2, 0) is 23.2 Å². The van der Waals surface area contributed by atoms with Gasteiger partial charge in [-0.3, -0.25) is 0 Å². The zero-order chi connectivity index (χ0) is 12.7. The van der Waals surface area contributed by atoms with Gasteiger partial charge < -0.3 is 9.41 Å². The predicted octanol–water partition coefficient (Wildman–Crippen LogP) is -0.753. The first-order valence-corrected chi connectivity index (χ1v) is 10.7. The van der Waals surface area contributed by atoms with Crippen LogP contribution < -0.4 is 9.41 Å². The Labute approximate surface area is 137 Å². The molecule has 0 aromatic heterocycles. The summed E-state index contributed by atoms with van der Waals surface area (Å²) in [6.45, 7) is 0. The van der Waals surface area contributed by atoms with Crippen LogP contribution in [-0.4, -0.2) is 0 Å². The fraction of sp³-hybridized carbons (Fsp3) is 0.556. The van der Waals surface area contributed by atoms with Crippen molar-refractivity contribution in [3.05, 3.63) is 47.6 Å². The summed E-state index contributed by atoms with van der Waals surface area (Å²) in [5, 5.41) is 0. The molecule has 0 amide bonds. The molecule has 4 unspecified atom stereocenters. The summed E-state index contributed by atoms with van der Waals surface area (Å²) in [5.41, 5.74) is 3.73. The van der Waals surface area contributed by atoms with Gasteiger partial charge in [0.15, 0.2) is 0 Å². The maximum atomic E-state index is 2.48. The van der Waals surface area contributed by atoms with Crippen LogP contribution in [0.3, 0.4) is 0 Å². The summed E-state index contributed by atoms with van der Waals surface area (Å²) < 4.78 is 2.13. The SMILES string of the molecule is C1=CCC2CC[CH]([Zr+2][CH]3CCC4CC=CC=C43)C2=C1.[F-].[F-]. The van der Waals surface area contributed by atoms with Gasteiger partial charge in [-0.15, -0.1) is 0 Å². The van der Waals surface area contributed by atoms with E-state index in [1.165, 1.54) is 38.5 Å². The zero-order valence-electron chi connectivity index (χ0n) is 12.3. The van der Waals surface area contributed by atoms with Gasteiger partial charge in [0.05, 0.1) is 0 Å². The number of halogens is 2. The third-order valence-electron chi connectivity index (χ3n) is 5.45. The molecule has 4 rings (SSSR count). The van der Waals surface area contributed by atoms with Crippen molar-refractivity contribution in [3.63, 3.8) is 0 Å². The molecule has 0 spiro atoms. The molecule has 0 N–H and O–H groups in total. The fourth-order valence-corrected chi connectivity index (χ4v) is 9.84. The third kappa shape index (κ3) is 3.23. The fourth-order valence-electron chi connectivity index (χ4n) is 4.43. The second kappa shape index (κ2) is 7.31. The summed E-state index contributed by atoms with van der Waals surface area (Å²) in [7, 11) is 0. The molecule has 4 aliphatic rings. The van der Waals surface area contributed by atoms with E-state index in [2.05, 4.69) is 36.5 Å². The second-order valence-corrected chi connectivity index (χ2v) is 10.7. The normalized spacial score (nSPS) is 35.6. The van der Waals surface area contributed by atoms with Crippen LogP contribution in [0.2, 0.25) is 7.25 Å². The molecule has 2 saturated carbocycles. The largest absolute Gasteiger partial charge is 1.00 e. The van der Waals surface area contributed by atoms with Crippen LogP contribution in [0.5, 0.6) is 0 Å². The van der Waals surface area contributed by atoms with E-state index >= 15 is 0 Å². The van der Waals surface area contributed by atoms with Gasteiger partial charge in [0.1, 0.15) is 0 Å². The molecule has 3 heteroatoms. The molecule has 0 aromatic carbocycles. The van der Waals surface area contributed by atoms with Gasteiger partial charge in [0.2, 0.25) is 0 Å². The summed E-state index contributed by atoms with van der Waals surface area (Å²) in [4.78, 5) is 0. The number of hydrogen-bond donors (Lipinski definition) is 0. The van der Waals surface area contributed by atoms with Gasteiger partial charge in [-0.25, -0.2) is 0 Å². The van der Waals surface area contributed by atoms with Crippen molar-refractivity contribution in [2.75, 3.05) is 0 Å². The number of fused-ring (bicyclic) bond motifs is 2. The Morgan fingerprint density at radius 3 is 1.67 bits per heavy atom. The van der Waals surface area contributed by atoms with Gasteiger partial charge in [-0.05, 0) is 0 Å². The third-order valence-corrected chi connectivity index (χ3v) is 10.5. The van der Waals surface area contributed by atoms with Gasteiger partial charge in [-0.2, -0.15) is 0 Å². The molecule has 0 nitrogen and oxygen atoms in total. The molecule has 0 aromatic rings. The van der Waals surface area contributed by atoms with Gasteiger partial charge in [0, 0.05) is 0 Å². The summed E-state index contributed by atoms with van der Waals surface area (Å²) in [5.74, 6) is 1.88. The first kappa shape index (κ1) is 17.1. The standard InChI is InChI=1S/2C9H11.2FH.Zr/c2*1-2-5-9-7-3-6-8(9)4-1;;;/h2*1-2,4,6,9H,3,5,7H2;2*1H;/q;;;;+2/p-2. The summed E-state index contributed by atoms with van der Waals surface area (Å²) >= 11 is -0.287. The molecular weight excluding hydrogens is 345 g/mol. The Morgan fingerprint density at radius 2 is 1.19 bits per heavy atom. The van der Waals surface area contributed by atoms with E-state index in [0.29, 0.717) is 0 Å². The molecule has 2 fully saturated rings. The molecule has 4 atom stereocenters. The van der Waals surface area contributed by atoms with Crippen LogP contribution in [0.25, 0.3) is 0 Å². The summed E-state index contributed by atoms with van der Waals surface area (Å²) in [6, 6.07) is 0. The van der Waals surface area contributed by atoms with E-state index in [4.69, 9.17) is 0 Å². The smallest absolute Gasteiger partial charge is 1.00 e. The molecule has 21 heavy (non-hydrogen) atoms. The molecule has 112 valence electrons. The Bertz CT molecular complexity index is 445. The van der Waals surface area contributed by atoms with Crippen LogP contribution in [0, 0.1) is 11.8 Å². The van der Waals surface area contributed by atoms with E-state index in [-0.39, 0.29) is 32.6 Å². The maximum Gasteiger partial charge on any atom is -1.00 e. The topological polar surface area (TPSA) is 0 Å². The first-order valence-electron chi connectivity index (χ1n) is 7.91. The maximum absolute atomic E-state index is 2.48. The van der Waals surface area contributed by atoms with Crippen molar-refractivity contribution in [3.8, 4) is 0 Å². The van der Waals surface area contributed by atoms with Crippen molar-refractivity contribution in [1.29, 1.82) is 0 Å². The van der Waals surface area contributed by atoms with Crippen LogP contribution in [0.15, 0.2) is 47.6 Å². The van der Waals surface area contributed by atoms with Gasteiger partial charge in [-0.1, -0.05) is 0 Å². The quantitative estimate of drug-likeness (QED) is 0.602. The molecule has 4 aliphatic carbocycles. The van der Waals surface area contributed by atoms with Gasteiger partial charge >= 0.3 is 128 Å². The van der Waals surface area contributed by atoms with Crippen molar-refractivity contribution < 1.29 is 32.6 Å². The Balaban J connectivity index is 0.000000807. The average Bonchev–Trinajstić information content (AvgIpc) is 3.05. The minimum absolute atomic E-state index is 0. The Hall–Kier alpha value is -0.297. The number of rotatable bonds is 2. The van der Waals surface area contributed by atoms with E-state index in [0.717, 1.165) is 19.1 Å². The molecule has 0 aliphatic heterocycles. The molecule has 0 saturated heterocycles. The van der Waals surface area contributed by atoms with Crippen molar-refractivity contribution >= 4 is 0 Å². The van der Waals surface area contributed by atoms with E-state index in [1.54, 1.807) is 0 Å². The average molecular weight is 368 g/mol. The minimum Gasteiger partial charge on any atom is -1.00 e. The monoisotopic (exact) mass is 366 g/mol. The molecule has 0 radical (unpaired) electrons. The Morgan fingerprint density at radius 1 is 0.714 bits per heavy atom. The Kier molecular flexibility index (Phi) is 5.94.